The Morgan fingerprint density at radius 3 is 2.64 bits per heavy atom. The maximum atomic E-state index is 12.9. The van der Waals surface area contributed by atoms with Crippen LogP contribution in [0.1, 0.15) is 57.1 Å². The lowest BCUT2D eigenvalue weighted by atomic mass is 9.99. The second kappa shape index (κ2) is 7.62. The van der Waals surface area contributed by atoms with Gasteiger partial charge in [-0.05, 0) is 64.5 Å². The van der Waals surface area contributed by atoms with Crippen LogP contribution in [0.15, 0.2) is 27.8 Å². The van der Waals surface area contributed by atoms with Crippen molar-refractivity contribution in [3.05, 3.63) is 34.9 Å². The van der Waals surface area contributed by atoms with Gasteiger partial charge in [0.1, 0.15) is 17.6 Å². The minimum absolute atomic E-state index is 0.276. The van der Waals surface area contributed by atoms with Gasteiger partial charge >= 0.3 is 12.0 Å². The lowest BCUT2D eigenvalue weighted by Gasteiger charge is -2.34. The third-order valence-corrected chi connectivity index (χ3v) is 5.88. The molecule has 1 aromatic heterocycles. The lowest BCUT2D eigenvalue weighted by Crippen LogP contribution is -2.50. The van der Waals surface area contributed by atoms with Gasteiger partial charge in [-0.1, -0.05) is 0 Å². The molecule has 0 unspecified atom stereocenters. The molecule has 28 heavy (non-hydrogen) atoms. The van der Waals surface area contributed by atoms with E-state index in [4.69, 9.17) is 9.15 Å². The first-order chi connectivity index (χ1) is 13.5. The third kappa shape index (κ3) is 3.94. The standard InChI is InChI=1S/C21H29N3O4/c1-4-27-20(25)18-16(11-24(15-8-9-15)13(3)14-6-7-14)22-21(26)23-19(18)17-10-5-12(2)28-17/h5,10,13-15,19H,4,6-9,11H2,1-3H3,(H2,22,23,26)/t13-,19+/m1/s1. The molecule has 0 saturated heterocycles. The number of amides is 2. The number of esters is 1. The van der Waals surface area contributed by atoms with Gasteiger partial charge in [-0.2, -0.15) is 0 Å². The number of nitrogens with one attached hydrogen (secondary N) is 2. The average molecular weight is 387 g/mol. The van der Waals surface area contributed by atoms with Gasteiger partial charge in [0.25, 0.3) is 0 Å². The Bertz CT molecular complexity index is 791. The number of carbonyl (C=O) groups excluding carboxylic acids is 2. The highest BCUT2D eigenvalue weighted by molar-refractivity contribution is 5.95. The lowest BCUT2D eigenvalue weighted by molar-refractivity contribution is -0.139. The smallest absolute Gasteiger partial charge is 0.338 e. The van der Waals surface area contributed by atoms with Gasteiger partial charge < -0.3 is 19.8 Å². The third-order valence-electron chi connectivity index (χ3n) is 5.88. The largest absolute Gasteiger partial charge is 0.464 e. The molecule has 0 aromatic carbocycles. The molecule has 0 radical (unpaired) electrons. The van der Waals surface area contributed by atoms with Crippen LogP contribution < -0.4 is 10.6 Å². The number of hydrogen-bond donors (Lipinski definition) is 2. The number of carbonyl (C=O) groups is 2. The van der Waals surface area contributed by atoms with Crippen LogP contribution in [0.5, 0.6) is 0 Å². The molecule has 0 bridgehead atoms. The Hall–Kier alpha value is -2.28. The second-order valence-corrected chi connectivity index (χ2v) is 8.07. The molecule has 2 N–H and O–H groups in total. The van der Waals surface area contributed by atoms with Gasteiger partial charge in [-0.3, -0.25) is 4.90 Å². The van der Waals surface area contributed by atoms with Gasteiger partial charge in [-0.25, -0.2) is 9.59 Å². The molecule has 1 aliphatic heterocycles. The van der Waals surface area contributed by atoms with Crippen LogP contribution in [-0.2, 0) is 9.53 Å². The van der Waals surface area contributed by atoms with Crippen LogP contribution in [0.25, 0.3) is 0 Å². The summed E-state index contributed by atoms with van der Waals surface area (Å²) in [5.74, 6) is 1.57. The van der Waals surface area contributed by atoms with E-state index in [2.05, 4.69) is 22.5 Å². The monoisotopic (exact) mass is 387 g/mol. The van der Waals surface area contributed by atoms with Gasteiger partial charge in [0.2, 0.25) is 0 Å². The Morgan fingerprint density at radius 2 is 2.07 bits per heavy atom. The van der Waals surface area contributed by atoms with Crippen molar-refractivity contribution in [2.75, 3.05) is 13.2 Å². The van der Waals surface area contributed by atoms with Crippen molar-refractivity contribution in [1.29, 1.82) is 0 Å². The number of urea groups is 1. The van der Waals surface area contributed by atoms with Crippen molar-refractivity contribution in [3.63, 3.8) is 0 Å². The van der Waals surface area contributed by atoms with E-state index < -0.39 is 12.0 Å². The number of aryl methyl sites for hydroxylation is 1. The highest BCUT2D eigenvalue weighted by Gasteiger charge is 2.42. The summed E-state index contributed by atoms with van der Waals surface area (Å²) in [6.45, 7) is 6.70. The Morgan fingerprint density at radius 1 is 1.32 bits per heavy atom. The van der Waals surface area contributed by atoms with Crippen LogP contribution in [-0.4, -0.2) is 42.1 Å². The minimum atomic E-state index is -0.645. The summed E-state index contributed by atoms with van der Waals surface area (Å²) in [5.41, 5.74) is 1.06. The van der Waals surface area contributed by atoms with Crippen molar-refractivity contribution in [2.24, 2.45) is 5.92 Å². The molecule has 7 nitrogen and oxygen atoms in total. The first kappa shape index (κ1) is 19.1. The first-order valence-corrected chi connectivity index (χ1v) is 10.3. The van der Waals surface area contributed by atoms with Crippen LogP contribution in [0, 0.1) is 12.8 Å². The average Bonchev–Trinajstić information content (AvgIpc) is 3.57. The summed E-state index contributed by atoms with van der Waals surface area (Å²) in [4.78, 5) is 27.7. The number of nitrogens with zero attached hydrogens (tertiary/aromatic N) is 1. The molecular formula is C21H29N3O4. The van der Waals surface area contributed by atoms with Gasteiger partial charge in [0.15, 0.2) is 0 Å². The summed E-state index contributed by atoms with van der Waals surface area (Å²) in [6.07, 6.45) is 4.87. The zero-order valence-electron chi connectivity index (χ0n) is 16.8. The Kier molecular flexibility index (Phi) is 5.19. The maximum absolute atomic E-state index is 12.9. The van der Waals surface area contributed by atoms with E-state index >= 15 is 0 Å². The molecule has 0 spiro atoms. The predicted molar refractivity (Wildman–Crippen MR) is 103 cm³/mol. The van der Waals surface area contributed by atoms with E-state index in [0.717, 1.165) is 5.76 Å². The minimum Gasteiger partial charge on any atom is -0.464 e. The summed E-state index contributed by atoms with van der Waals surface area (Å²) in [7, 11) is 0. The van der Waals surface area contributed by atoms with Crippen molar-refractivity contribution in [2.45, 2.75) is 64.6 Å². The number of ether oxygens (including phenoxy) is 1. The summed E-state index contributed by atoms with van der Waals surface area (Å²) < 4.78 is 11.1. The van der Waals surface area contributed by atoms with Crippen molar-refractivity contribution in [1.82, 2.24) is 15.5 Å². The highest BCUT2D eigenvalue weighted by Crippen LogP contribution is 2.40. The van der Waals surface area contributed by atoms with E-state index in [1.165, 1.54) is 25.7 Å². The maximum Gasteiger partial charge on any atom is 0.338 e. The van der Waals surface area contributed by atoms with Crippen LogP contribution in [0.3, 0.4) is 0 Å². The molecule has 2 amide bonds. The fourth-order valence-corrected chi connectivity index (χ4v) is 4.06. The zero-order valence-corrected chi connectivity index (χ0v) is 16.8. The van der Waals surface area contributed by atoms with Crippen molar-refractivity contribution < 1.29 is 18.7 Å². The van der Waals surface area contributed by atoms with Gasteiger partial charge in [0, 0.05) is 24.3 Å². The van der Waals surface area contributed by atoms with Crippen molar-refractivity contribution >= 4 is 12.0 Å². The SMILES string of the molecule is CCOC(=O)C1=C(CN(C2CC2)[C@H](C)C2CC2)NC(=O)N[C@H]1c1ccc(C)o1. The van der Waals surface area contributed by atoms with Crippen molar-refractivity contribution in [3.8, 4) is 0 Å². The zero-order chi connectivity index (χ0) is 19.8. The molecule has 2 fully saturated rings. The van der Waals surface area contributed by atoms with Crippen LogP contribution >= 0.6 is 0 Å². The fourth-order valence-electron chi connectivity index (χ4n) is 4.06. The number of furan rings is 1. The summed E-state index contributed by atoms with van der Waals surface area (Å²) >= 11 is 0. The number of hydrogen-bond acceptors (Lipinski definition) is 5. The molecule has 3 aliphatic rings. The van der Waals surface area contributed by atoms with E-state index in [1.54, 1.807) is 13.0 Å². The highest BCUT2D eigenvalue weighted by atomic mass is 16.5. The predicted octanol–water partition coefficient (Wildman–Crippen LogP) is 3.02. The molecule has 4 rings (SSSR count). The van der Waals surface area contributed by atoms with Crippen LogP contribution in [0.2, 0.25) is 0 Å². The van der Waals surface area contributed by atoms with E-state index in [-0.39, 0.29) is 12.6 Å². The normalized spacial score (nSPS) is 23.4. The molecule has 152 valence electrons. The quantitative estimate of drug-likeness (QED) is 0.670. The van der Waals surface area contributed by atoms with Gasteiger partial charge in [-0.15, -0.1) is 0 Å². The Labute approximate surface area is 165 Å². The molecule has 2 aliphatic carbocycles. The molecule has 2 saturated carbocycles. The topological polar surface area (TPSA) is 83.8 Å². The summed E-state index contributed by atoms with van der Waals surface area (Å²) in [6, 6.07) is 3.64. The molecule has 7 heteroatoms. The second-order valence-electron chi connectivity index (χ2n) is 8.07. The Balaban J connectivity index is 1.69. The molecule has 1 aromatic rings. The molecule has 2 atom stereocenters. The van der Waals surface area contributed by atoms with E-state index in [0.29, 0.717) is 41.6 Å². The summed E-state index contributed by atoms with van der Waals surface area (Å²) in [5, 5.41) is 5.71. The molecular weight excluding hydrogens is 358 g/mol. The first-order valence-electron chi connectivity index (χ1n) is 10.3. The number of rotatable bonds is 8. The van der Waals surface area contributed by atoms with Gasteiger partial charge in [0.05, 0.1) is 12.2 Å². The fraction of sp³-hybridized carbons (Fsp3) is 0.619. The molecule has 2 heterocycles. The van der Waals surface area contributed by atoms with E-state index in [9.17, 15) is 9.59 Å². The van der Waals surface area contributed by atoms with E-state index in [1.807, 2.05) is 13.0 Å². The van der Waals surface area contributed by atoms with Crippen LogP contribution in [0.4, 0.5) is 4.79 Å².